The molecule has 0 saturated carbocycles. The maximum absolute atomic E-state index is 5.53. The number of hydrogen-bond acceptors (Lipinski definition) is 4. The van der Waals surface area contributed by atoms with Crippen LogP contribution in [-0.2, 0) is 0 Å². The first-order chi connectivity index (χ1) is 10.5. The lowest BCUT2D eigenvalue weighted by atomic mass is 10.1. The molecule has 1 aliphatic rings. The standard InChI is InChI=1S/C16H28N4OS.HI/c1-16(8-6-10-22-16)12-19-15(17-2)18-11-13(20(3)4)14-7-5-9-21-14;/h5,7,9,13H,6,8,10-12H2,1-4H3,(H2,17,18,19);1H. The minimum Gasteiger partial charge on any atom is -0.468 e. The third kappa shape index (κ3) is 6.19. The Balaban J connectivity index is 0.00000264. The van der Waals surface area contributed by atoms with Crippen LogP contribution in [0.1, 0.15) is 31.6 Å². The summed E-state index contributed by atoms with van der Waals surface area (Å²) in [7, 11) is 5.93. The molecule has 0 amide bonds. The minimum absolute atomic E-state index is 0. The molecular formula is C16H29IN4OS. The van der Waals surface area contributed by atoms with Crippen LogP contribution in [0.4, 0.5) is 0 Å². The predicted octanol–water partition coefficient (Wildman–Crippen LogP) is 2.95. The molecule has 5 nitrogen and oxygen atoms in total. The molecule has 2 atom stereocenters. The van der Waals surface area contributed by atoms with Gasteiger partial charge in [0.25, 0.3) is 0 Å². The van der Waals surface area contributed by atoms with Crippen molar-refractivity contribution in [3.8, 4) is 0 Å². The van der Waals surface area contributed by atoms with Crippen molar-refractivity contribution in [3.05, 3.63) is 24.2 Å². The Hall–Kier alpha value is -0.410. The van der Waals surface area contributed by atoms with Gasteiger partial charge in [-0.1, -0.05) is 0 Å². The van der Waals surface area contributed by atoms with Crippen LogP contribution in [0.3, 0.4) is 0 Å². The van der Waals surface area contributed by atoms with Gasteiger partial charge in [0.1, 0.15) is 5.76 Å². The summed E-state index contributed by atoms with van der Waals surface area (Å²) in [4.78, 5) is 6.47. The molecule has 132 valence electrons. The number of nitrogens with one attached hydrogen (secondary N) is 2. The zero-order chi connectivity index (χ0) is 16.0. The first-order valence-electron chi connectivity index (χ1n) is 7.82. The second-order valence-electron chi connectivity index (χ2n) is 6.20. The van der Waals surface area contributed by atoms with E-state index in [-0.39, 0.29) is 30.0 Å². The molecule has 2 unspecified atom stereocenters. The summed E-state index contributed by atoms with van der Waals surface area (Å²) in [6, 6.07) is 4.13. The predicted molar refractivity (Wildman–Crippen MR) is 110 cm³/mol. The van der Waals surface area contributed by atoms with Crippen LogP contribution in [0, 0.1) is 0 Å². The molecule has 0 spiro atoms. The number of hydrogen-bond donors (Lipinski definition) is 2. The highest BCUT2D eigenvalue weighted by Gasteiger charge is 2.29. The number of thioether (sulfide) groups is 1. The third-order valence-corrected chi connectivity index (χ3v) is 5.65. The molecule has 0 radical (unpaired) electrons. The van der Waals surface area contributed by atoms with Crippen LogP contribution in [0.15, 0.2) is 27.8 Å². The third-order valence-electron chi connectivity index (χ3n) is 4.11. The molecular weight excluding hydrogens is 423 g/mol. The first-order valence-corrected chi connectivity index (χ1v) is 8.81. The second-order valence-corrected chi connectivity index (χ2v) is 7.89. The van der Waals surface area contributed by atoms with Crippen molar-refractivity contribution < 1.29 is 4.42 Å². The zero-order valence-corrected chi connectivity index (χ0v) is 17.6. The summed E-state index contributed by atoms with van der Waals surface area (Å²) in [5, 5.41) is 6.87. The lowest BCUT2D eigenvalue weighted by molar-refractivity contribution is 0.258. The summed E-state index contributed by atoms with van der Waals surface area (Å²) in [5.74, 6) is 3.09. The molecule has 0 aliphatic carbocycles. The van der Waals surface area contributed by atoms with Crippen LogP contribution in [-0.4, -0.2) is 55.6 Å². The van der Waals surface area contributed by atoms with Crippen molar-refractivity contribution in [2.75, 3.05) is 40.0 Å². The van der Waals surface area contributed by atoms with Crippen LogP contribution >= 0.6 is 35.7 Å². The number of furan rings is 1. The molecule has 2 N–H and O–H groups in total. The van der Waals surface area contributed by atoms with Gasteiger partial charge in [0, 0.05) is 24.9 Å². The van der Waals surface area contributed by atoms with Crippen molar-refractivity contribution in [2.45, 2.75) is 30.6 Å². The Morgan fingerprint density at radius 1 is 1.48 bits per heavy atom. The maximum Gasteiger partial charge on any atom is 0.191 e. The Labute approximate surface area is 161 Å². The highest BCUT2D eigenvalue weighted by Crippen LogP contribution is 2.36. The van der Waals surface area contributed by atoms with Gasteiger partial charge < -0.3 is 15.1 Å². The molecule has 2 rings (SSSR count). The summed E-state index contributed by atoms with van der Waals surface area (Å²) in [6.07, 6.45) is 4.31. The highest BCUT2D eigenvalue weighted by atomic mass is 127. The highest BCUT2D eigenvalue weighted by molar-refractivity contribution is 14.0. The number of halogens is 1. The molecule has 1 saturated heterocycles. The molecule has 1 aromatic rings. The summed E-state index contributed by atoms with van der Waals surface area (Å²) < 4.78 is 5.87. The number of likely N-dealkylation sites (N-methyl/N-ethyl adjacent to an activating group) is 1. The molecule has 1 aliphatic heterocycles. The molecule has 7 heteroatoms. The van der Waals surface area contributed by atoms with Gasteiger partial charge in [0.2, 0.25) is 0 Å². The average molecular weight is 452 g/mol. The minimum atomic E-state index is 0. The molecule has 1 fully saturated rings. The summed E-state index contributed by atoms with van der Waals surface area (Å²) >= 11 is 2.06. The average Bonchev–Trinajstić information content (AvgIpc) is 3.14. The van der Waals surface area contributed by atoms with Crippen molar-refractivity contribution in [1.82, 2.24) is 15.5 Å². The normalized spacial score (nSPS) is 22.7. The van der Waals surface area contributed by atoms with E-state index in [0.717, 1.165) is 24.8 Å². The Morgan fingerprint density at radius 2 is 2.26 bits per heavy atom. The number of nitrogens with zero attached hydrogens (tertiary/aromatic N) is 2. The molecule has 23 heavy (non-hydrogen) atoms. The maximum atomic E-state index is 5.53. The van der Waals surface area contributed by atoms with Gasteiger partial charge in [-0.15, -0.1) is 24.0 Å². The van der Waals surface area contributed by atoms with Crippen molar-refractivity contribution in [1.29, 1.82) is 0 Å². The van der Waals surface area contributed by atoms with E-state index >= 15 is 0 Å². The van der Waals surface area contributed by atoms with Crippen LogP contribution in [0.2, 0.25) is 0 Å². The first kappa shape index (κ1) is 20.6. The van der Waals surface area contributed by atoms with E-state index in [0.29, 0.717) is 4.75 Å². The van der Waals surface area contributed by atoms with Gasteiger partial charge in [-0.2, -0.15) is 11.8 Å². The van der Waals surface area contributed by atoms with Gasteiger partial charge in [0.05, 0.1) is 12.3 Å². The lowest BCUT2D eigenvalue weighted by Gasteiger charge is -2.26. The van der Waals surface area contributed by atoms with Crippen molar-refractivity contribution in [3.63, 3.8) is 0 Å². The Morgan fingerprint density at radius 3 is 2.78 bits per heavy atom. The number of guanidine groups is 1. The van der Waals surface area contributed by atoms with E-state index in [1.54, 1.807) is 6.26 Å². The van der Waals surface area contributed by atoms with Crippen molar-refractivity contribution in [2.24, 2.45) is 4.99 Å². The fourth-order valence-electron chi connectivity index (χ4n) is 2.68. The van der Waals surface area contributed by atoms with E-state index < -0.39 is 0 Å². The van der Waals surface area contributed by atoms with Crippen molar-refractivity contribution >= 4 is 41.7 Å². The fourth-order valence-corrected chi connectivity index (χ4v) is 3.92. The molecule has 2 heterocycles. The summed E-state index contributed by atoms with van der Waals surface area (Å²) in [6.45, 7) is 4.03. The summed E-state index contributed by atoms with van der Waals surface area (Å²) in [5.41, 5.74) is 0. The Bertz CT molecular complexity index is 472. The lowest BCUT2D eigenvalue weighted by Crippen LogP contribution is -2.45. The Kier molecular flexibility index (Phi) is 8.78. The van der Waals surface area contributed by atoms with E-state index in [2.05, 4.69) is 53.3 Å². The van der Waals surface area contributed by atoms with E-state index in [4.69, 9.17) is 4.42 Å². The van der Waals surface area contributed by atoms with Gasteiger partial charge in [-0.05, 0) is 51.7 Å². The zero-order valence-electron chi connectivity index (χ0n) is 14.5. The van der Waals surface area contributed by atoms with Crippen LogP contribution in [0.25, 0.3) is 0 Å². The quantitative estimate of drug-likeness (QED) is 0.395. The largest absolute Gasteiger partial charge is 0.468 e. The monoisotopic (exact) mass is 452 g/mol. The van der Waals surface area contributed by atoms with Crippen LogP contribution in [0.5, 0.6) is 0 Å². The van der Waals surface area contributed by atoms with E-state index in [9.17, 15) is 0 Å². The van der Waals surface area contributed by atoms with Crippen LogP contribution < -0.4 is 10.6 Å². The SMILES string of the molecule is CN=C(NCC(c1ccco1)N(C)C)NCC1(C)CCCS1.I. The van der Waals surface area contributed by atoms with Gasteiger partial charge in [-0.3, -0.25) is 9.89 Å². The van der Waals surface area contributed by atoms with E-state index in [1.165, 1.54) is 18.6 Å². The van der Waals surface area contributed by atoms with Gasteiger partial charge >= 0.3 is 0 Å². The number of rotatable bonds is 6. The topological polar surface area (TPSA) is 52.8 Å². The van der Waals surface area contributed by atoms with Gasteiger partial charge in [0.15, 0.2) is 5.96 Å². The van der Waals surface area contributed by atoms with Gasteiger partial charge in [-0.25, -0.2) is 0 Å². The van der Waals surface area contributed by atoms with E-state index in [1.807, 2.05) is 19.2 Å². The number of aliphatic imine (C=N–C) groups is 1. The molecule has 0 bridgehead atoms. The molecule has 1 aromatic heterocycles. The second kappa shape index (κ2) is 9.78. The fraction of sp³-hybridized carbons (Fsp3) is 0.688. The molecule has 0 aromatic carbocycles. The smallest absolute Gasteiger partial charge is 0.191 e.